The molecule has 0 aliphatic rings. The highest BCUT2D eigenvalue weighted by Crippen LogP contribution is 2.29. The third-order valence-electron chi connectivity index (χ3n) is 3.14. The van der Waals surface area contributed by atoms with Crippen molar-refractivity contribution in [3.63, 3.8) is 0 Å². The van der Waals surface area contributed by atoms with Gasteiger partial charge in [-0.25, -0.2) is 0 Å². The van der Waals surface area contributed by atoms with E-state index in [1.807, 2.05) is 6.92 Å². The third-order valence-corrected chi connectivity index (χ3v) is 3.79. The molecule has 0 fully saturated rings. The number of aliphatic hydroxyl groups excluding tert-OH is 1. The van der Waals surface area contributed by atoms with Gasteiger partial charge in [-0.15, -0.1) is 0 Å². The van der Waals surface area contributed by atoms with Gasteiger partial charge in [-0.05, 0) is 25.1 Å². The Balaban J connectivity index is 2.04. The Morgan fingerprint density at radius 2 is 2.05 bits per heavy atom. The van der Waals surface area contributed by atoms with Gasteiger partial charge in [-0.1, -0.05) is 29.3 Å². The third kappa shape index (κ3) is 3.56. The first-order valence-electron chi connectivity index (χ1n) is 6.31. The predicted octanol–water partition coefficient (Wildman–Crippen LogP) is 2.50. The van der Waals surface area contributed by atoms with Crippen LogP contribution < -0.4 is 5.32 Å². The summed E-state index contributed by atoms with van der Waals surface area (Å²) in [6.07, 6.45) is -0.986. The van der Waals surface area contributed by atoms with E-state index >= 15 is 0 Å². The molecule has 5 nitrogen and oxygen atoms in total. The second-order valence-corrected chi connectivity index (χ2v) is 5.47. The number of benzene rings is 1. The number of aromatic nitrogens is 2. The van der Waals surface area contributed by atoms with Gasteiger partial charge in [0.25, 0.3) is 5.91 Å². The highest BCUT2D eigenvalue weighted by atomic mass is 35.5. The molecule has 2 aromatic rings. The van der Waals surface area contributed by atoms with Gasteiger partial charge in [0, 0.05) is 34.9 Å². The fourth-order valence-corrected chi connectivity index (χ4v) is 2.53. The highest BCUT2D eigenvalue weighted by Gasteiger charge is 2.17. The van der Waals surface area contributed by atoms with Crippen LogP contribution in [0.15, 0.2) is 24.3 Å². The summed E-state index contributed by atoms with van der Waals surface area (Å²) in [6.45, 7) is 1.85. The molecule has 0 aliphatic heterocycles. The first-order valence-corrected chi connectivity index (χ1v) is 7.06. The van der Waals surface area contributed by atoms with Crippen LogP contribution in [-0.2, 0) is 7.05 Å². The zero-order valence-electron chi connectivity index (χ0n) is 11.6. The lowest BCUT2D eigenvalue weighted by molar-refractivity contribution is 0.0910. The number of hydrogen-bond donors (Lipinski definition) is 2. The van der Waals surface area contributed by atoms with Gasteiger partial charge in [0.15, 0.2) is 0 Å². The van der Waals surface area contributed by atoms with Crippen LogP contribution in [-0.4, -0.2) is 27.3 Å². The molecule has 2 rings (SSSR count). The number of nitrogens with zero attached hydrogens (tertiary/aromatic N) is 2. The number of nitrogens with one attached hydrogen (secondary N) is 1. The largest absolute Gasteiger partial charge is 0.386 e. The fraction of sp³-hybridized carbons (Fsp3) is 0.286. The zero-order chi connectivity index (χ0) is 15.6. The van der Waals surface area contributed by atoms with Crippen LogP contribution in [0.1, 0.15) is 27.8 Å². The number of aliphatic hydroxyl groups is 1. The lowest BCUT2D eigenvalue weighted by Gasteiger charge is -2.14. The van der Waals surface area contributed by atoms with Crippen LogP contribution in [0.3, 0.4) is 0 Å². The van der Waals surface area contributed by atoms with Crippen molar-refractivity contribution in [2.75, 3.05) is 6.54 Å². The minimum Gasteiger partial charge on any atom is -0.386 e. The molecule has 0 spiro atoms. The van der Waals surface area contributed by atoms with Crippen LogP contribution in [0.5, 0.6) is 0 Å². The monoisotopic (exact) mass is 327 g/mol. The maximum atomic E-state index is 12.0. The van der Waals surface area contributed by atoms with E-state index in [9.17, 15) is 9.90 Å². The van der Waals surface area contributed by atoms with Gasteiger partial charge in [0.1, 0.15) is 5.69 Å². The molecule has 2 N–H and O–H groups in total. The lowest BCUT2D eigenvalue weighted by atomic mass is 10.1. The number of aryl methyl sites for hydroxylation is 2. The SMILES string of the molecule is Cc1cc(C(=O)NC[C@H](O)c2c(Cl)cccc2Cl)nn1C. The summed E-state index contributed by atoms with van der Waals surface area (Å²) in [5.41, 5.74) is 1.57. The summed E-state index contributed by atoms with van der Waals surface area (Å²) in [5, 5.41) is 17.5. The molecule has 1 atom stereocenters. The minimum absolute atomic E-state index is 0.00207. The zero-order valence-corrected chi connectivity index (χ0v) is 13.1. The van der Waals surface area contributed by atoms with Crippen LogP contribution in [0, 0.1) is 6.92 Å². The standard InChI is InChI=1S/C14H15Cl2N3O2/c1-8-6-11(18-19(8)2)14(21)17-7-12(20)13-9(15)4-3-5-10(13)16/h3-6,12,20H,7H2,1-2H3,(H,17,21)/t12-/m0/s1. The van der Waals surface area contributed by atoms with Crippen LogP contribution >= 0.6 is 23.2 Å². The number of amides is 1. The summed E-state index contributed by atoms with van der Waals surface area (Å²) in [5.74, 6) is -0.360. The molecule has 0 unspecified atom stereocenters. The molecule has 0 bridgehead atoms. The van der Waals surface area contributed by atoms with E-state index in [2.05, 4.69) is 10.4 Å². The van der Waals surface area contributed by atoms with E-state index in [4.69, 9.17) is 23.2 Å². The first-order chi connectivity index (χ1) is 9.90. The average molecular weight is 328 g/mol. The highest BCUT2D eigenvalue weighted by molar-refractivity contribution is 6.36. The van der Waals surface area contributed by atoms with E-state index in [-0.39, 0.29) is 12.5 Å². The number of carbonyl (C=O) groups is 1. The Morgan fingerprint density at radius 1 is 1.43 bits per heavy atom. The van der Waals surface area contributed by atoms with E-state index < -0.39 is 6.10 Å². The van der Waals surface area contributed by atoms with Crippen molar-refractivity contribution in [2.45, 2.75) is 13.0 Å². The molecule has 112 valence electrons. The molecule has 0 saturated carbocycles. The Hall–Kier alpha value is -1.56. The summed E-state index contributed by atoms with van der Waals surface area (Å²) < 4.78 is 1.61. The molecule has 7 heteroatoms. The molecule has 0 aliphatic carbocycles. The van der Waals surface area contributed by atoms with Crippen molar-refractivity contribution < 1.29 is 9.90 Å². The molecule has 1 aromatic carbocycles. The normalized spacial score (nSPS) is 12.2. The average Bonchev–Trinajstić information content (AvgIpc) is 2.76. The maximum Gasteiger partial charge on any atom is 0.271 e. The van der Waals surface area contributed by atoms with E-state index in [0.29, 0.717) is 21.3 Å². The molecule has 1 aromatic heterocycles. The molecular formula is C14H15Cl2N3O2. The summed E-state index contributed by atoms with van der Waals surface area (Å²) in [4.78, 5) is 12.0. The van der Waals surface area contributed by atoms with Crippen molar-refractivity contribution in [3.05, 3.63) is 51.3 Å². The molecule has 1 heterocycles. The second-order valence-electron chi connectivity index (χ2n) is 4.66. The lowest BCUT2D eigenvalue weighted by Crippen LogP contribution is -2.29. The van der Waals surface area contributed by atoms with Crippen molar-refractivity contribution >= 4 is 29.1 Å². The molecular weight excluding hydrogens is 313 g/mol. The Kier molecular flexibility index (Phi) is 4.88. The fourth-order valence-electron chi connectivity index (χ4n) is 1.88. The van der Waals surface area contributed by atoms with Crippen molar-refractivity contribution in [1.82, 2.24) is 15.1 Å². The van der Waals surface area contributed by atoms with Crippen LogP contribution in [0.25, 0.3) is 0 Å². The number of carbonyl (C=O) groups excluding carboxylic acids is 1. The van der Waals surface area contributed by atoms with Gasteiger partial charge in [0.2, 0.25) is 0 Å². The van der Waals surface area contributed by atoms with Gasteiger partial charge in [-0.3, -0.25) is 9.48 Å². The molecule has 1 amide bonds. The number of hydrogen-bond acceptors (Lipinski definition) is 3. The predicted molar refractivity (Wildman–Crippen MR) is 81.7 cm³/mol. The van der Waals surface area contributed by atoms with Crippen LogP contribution in [0.2, 0.25) is 10.0 Å². The number of rotatable bonds is 4. The summed E-state index contributed by atoms with van der Waals surface area (Å²) >= 11 is 12.0. The molecule has 0 radical (unpaired) electrons. The Morgan fingerprint density at radius 3 is 2.57 bits per heavy atom. The van der Waals surface area contributed by atoms with Gasteiger partial charge >= 0.3 is 0 Å². The van der Waals surface area contributed by atoms with Crippen molar-refractivity contribution in [1.29, 1.82) is 0 Å². The quantitative estimate of drug-likeness (QED) is 0.906. The van der Waals surface area contributed by atoms with Gasteiger partial charge in [0.05, 0.1) is 6.10 Å². The van der Waals surface area contributed by atoms with E-state index in [0.717, 1.165) is 5.69 Å². The summed E-state index contributed by atoms with van der Waals surface area (Å²) in [7, 11) is 1.75. The number of halogens is 2. The Bertz CT molecular complexity index is 630. The topological polar surface area (TPSA) is 67.2 Å². The molecule has 0 saturated heterocycles. The second kappa shape index (κ2) is 6.47. The van der Waals surface area contributed by atoms with E-state index in [1.165, 1.54) is 0 Å². The van der Waals surface area contributed by atoms with Crippen molar-refractivity contribution in [2.24, 2.45) is 7.05 Å². The maximum absolute atomic E-state index is 12.0. The van der Waals surface area contributed by atoms with Crippen LogP contribution in [0.4, 0.5) is 0 Å². The summed E-state index contributed by atoms with van der Waals surface area (Å²) in [6, 6.07) is 6.63. The molecule has 21 heavy (non-hydrogen) atoms. The smallest absolute Gasteiger partial charge is 0.271 e. The minimum atomic E-state index is -0.986. The van der Waals surface area contributed by atoms with Crippen molar-refractivity contribution in [3.8, 4) is 0 Å². The van der Waals surface area contributed by atoms with E-state index in [1.54, 1.807) is 36.0 Å². The first kappa shape index (κ1) is 15.8. The van der Waals surface area contributed by atoms with Gasteiger partial charge < -0.3 is 10.4 Å². The van der Waals surface area contributed by atoms with Gasteiger partial charge in [-0.2, -0.15) is 5.10 Å². The Labute approximate surface area is 132 Å².